The zero-order chi connectivity index (χ0) is 38.8. The monoisotopic (exact) mass is 770 g/mol. The number of sulfonamides is 1. The van der Waals surface area contributed by atoms with Crippen molar-refractivity contribution < 1.29 is 46.6 Å². The fourth-order valence-electron chi connectivity index (χ4n) is 7.84. The van der Waals surface area contributed by atoms with Gasteiger partial charge in [-0.1, -0.05) is 64.7 Å². The van der Waals surface area contributed by atoms with Gasteiger partial charge in [-0.15, -0.1) is 6.58 Å². The zero-order valence-corrected chi connectivity index (χ0v) is 32.4. The van der Waals surface area contributed by atoms with Crippen LogP contribution in [0.4, 0.5) is 9.59 Å². The molecule has 4 bridgehead atoms. The topological polar surface area (TPSA) is 178 Å². The molecule has 14 nitrogen and oxygen atoms in total. The van der Waals surface area contributed by atoms with Crippen LogP contribution < -0.4 is 14.8 Å². The normalized spacial score (nSPS) is 28.6. The van der Waals surface area contributed by atoms with Crippen LogP contribution in [0.1, 0.15) is 103 Å². The van der Waals surface area contributed by atoms with Crippen molar-refractivity contribution in [2.24, 2.45) is 16.7 Å². The van der Waals surface area contributed by atoms with E-state index in [0.717, 1.165) is 49.0 Å². The Morgan fingerprint density at radius 1 is 1.02 bits per heavy atom. The van der Waals surface area contributed by atoms with Gasteiger partial charge in [0.2, 0.25) is 21.8 Å². The van der Waals surface area contributed by atoms with Crippen molar-refractivity contribution in [1.82, 2.24) is 19.8 Å². The van der Waals surface area contributed by atoms with Gasteiger partial charge in [-0.05, 0) is 55.1 Å². The molecule has 0 spiro atoms. The molecular formula is C39H54N4O10S. The number of cyclic esters (lactones) is 1. The highest BCUT2D eigenvalue weighted by Crippen LogP contribution is 2.57. The Morgan fingerprint density at radius 3 is 2.35 bits per heavy atom. The van der Waals surface area contributed by atoms with E-state index < -0.39 is 80.0 Å². The predicted molar refractivity (Wildman–Crippen MR) is 197 cm³/mol. The van der Waals surface area contributed by atoms with E-state index >= 15 is 0 Å². The van der Waals surface area contributed by atoms with Crippen LogP contribution in [0, 0.1) is 16.7 Å². The van der Waals surface area contributed by atoms with Crippen LogP contribution in [-0.2, 0) is 47.0 Å². The van der Waals surface area contributed by atoms with Gasteiger partial charge in [-0.3, -0.25) is 24.0 Å². The summed E-state index contributed by atoms with van der Waals surface area (Å²) in [6.45, 7) is 10.4. The first kappa shape index (κ1) is 39.6. The second-order valence-electron chi connectivity index (χ2n) is 16.6. The summed E-state index contributed by atoms with van der Waals surface area (Å²) >= 11 is 0. The molecule has 1 unspecified atom stereocenters. The zero-order valence-electron chi connectivity index (χ0n) is 31.6. The highest BCUT2D eigenvalue weighted by Gasteiger charge is 2.61. The Kier molecular flexibility index (Phi) is 11.7. The van der Waals surface area contributed by atoms with Crippen LogP contribution >= 0.6 is 0 Å². The maximum absolute atomic E-state index is 14.5. The Bertz CT molecular complexity index is 1750. The smallest absolute Gasteiger partial charge is 0.410 e. The minimum atomic E-state index is -3.88. The summed E-state index contributed by atoms with van der Waals surface area (Å²) in [4.78, 5) is 71.9. The Balaban J connectivity index is 1.24. The number of nitrogens with one attached hydrogen (secondary N) is 2. The number of ether oxygens (including phenoxy) is 3. The standard InChI is InChI=1S/C39H54N4O10S/c1-5-26-20-39(26,35(46)41-54(49,50)28-15-16-28)21-31(44)30-19-27-23-43(30)34(45)33(38(2,3)4)40-36(47)52-18-11-9-7-6-8-10-17-51-32-14-12-13-25-22-42(24-29(25)32)37(48)53-27/h5,12-14,26-28,30,33H,1,6-11,15-24H2,2-4H3,(H,40,47)(H,41,46)/t26-,27+,30?,33+,39-/m0/s1. The second kappa shape index (κ2) is 15.9. The van der Waals surface area contributed by atoms with Crippen LogP contribution in [0.5, 0.6) is 5.75 Å². The van der Waals surface area contributed by atoms with Gasteiger partial charge in [0.15, 0.2) is 5.78 Å². The summed E-state index contributed by atoms with van der Waals surface area (Å²) in [5.74, 6) is -1.50. The Morgan fingerprint density at radius 2 is 1.70 bits per heavy atom. The maximum Gasteiger partial charge on any atom is 0.410 e. The van der Waals surface area contributed by atoms with E-state index in [4.69, 9.17) is 14.2 Å². The number of fused-ring (bicyclic) bond motifs is 3. The number of rotatable bonds is 7. The summed E-state index contributed by atoms with van der Waals surface area (Å²) in [6.07, 6.45) is 5.50. The van der Waals surface area contributed by atoms with Crippen LogP contribution in [0.3, 0.4) is 0 Å². The molecule has 2 N–H and O–H groups in total. The van der Waals surface area contributed by atoms with Gasteiger partial charge in [-0.2, -0.15) is 0 Å². The molecule has 296 valence electrons. The summed E-state index contributed by atoms with van der Waals surface area (Å²) in [5.41, 5.74) is -0.276. The number of Topliss-reactive ketones (excluding diaryl/α,β-unsaturated/α-hetero) is 1. The molecule has 54 heavy (non-hydrogen) atoms. The van der Waals surface area contributed by atoms with Crippen molar-refractivity contribution in [2.45, 2.75) is 128 Å². The molecule has 1 aromatic carbocycles. The number of hydrogen-bond donors (Lipinski definition) is 2. The lowest BCUT2D eigenvalue weighted by molar-refractivity contribution is -0.142. The van der Waals surface area contributed by atoms with Crippen molar-refractivity contribution in [1.29, 1.82) is 0 Å². The molecule has 4 amide bonds. The van der Waals surface area contributed by atoms with E-state index in [9.17, 15) is 32.4 Å². The second-order valence-corrected chi connectivity index (χ2v) is 18.5. The number of carbonyl (C=O) groups is 5. The first-order chi connectivity index (χ1) is 25.6. The van der Waals surface area contributed by atoms with Gasteiger partial charge in [-0.25, -0.2) is 18.0 Å². The van der Waals surface area contributed by atoms with Crippen LogP contribution in [0.2, 0.25) is 0 Å². The van der Waals surface area contributed by atoms with Gasteiger partial charge < -0.3 is 24.4 Å². The van der Waals surface area contributed by atoms with E-state index in [1.165, 1.54) is 4.90 Å². The maximum atomic E-state index is 14.5. The highest BCUT2D eigenvalue weighted by molar-refractivity contribution is 7.90. The molecule has 3 aliphatic heterocycles. The lowest BCUT2D eigenvalue weighted by atomic mass is 9.85. The van der Waals surface area contributed by atoms with Gasteiger partial charge in [0.05, 0.1) is 43.0 Å². The molecule has 1 saturated heterocycles. The molecule has 5 aliphatic rings. The Hall–Kier alpha value is -4.14. The van der Waals surface area contributed by atoms with Crippen molar-refractivity contribution in [2.75, 3.05) is 19.8 Å². The SMILES string of the molecule is C=C[C@H]1C[C@@]1(CC(=O)C1C[C@@H]2CN1C(=O)[C@H](C(C)(C)C)NC(=O)OCCCCCCCCOc1cccc3c1CN(C3)C(=O)O2)C(=O)NS(=O)(=O)C1CC1. The quantitative estimate of drug-likeness (QED) is 0.368. The summed E-state index contributed by atoms with van der Waals surface area (Å²) in [5, 5.41) is 2.10. The molecule has 5 atom stereocenters. The number of nitrogens with zero attached hydrogens (tertiary/aromatic N) is 2. The van der Waals surface area contributed by atoms with E-state index in [-0.39, 0.29) is 39.0 Å². The first-order valence-electron chi connectivity index (χ1n) is 19.3. The van der Waals surface area contributed by atoms with Crippen LogP contribution in [-0.4, -0.2) is 91.2 Å². The molecule has 15 heteroatoms. The molecule has 2 aliphatic carbocycles. The minimum Gasteiger partial charge on any atom is -0.493 e. The molecule has 0 aromatic heterocycles. The number of allylic oxidation sites excluding steroid dienone is 1. The summed E-state index contributed by atoms with van der Waals surface area (Å²) in [6, 6.07) is 3.53. The molecule has 6 rings (SSSR count). The summed E-state index contributed by atoms with van der Waals surface area (Å²) < 4.78 is 45.2. The lowest BCUT2D eigenvalue weighted by Gasteiger charge is -2.35. The number of alkyl carbamates (subject to hydrolysis) is 1. The van der Waals surface area contributed by atoms with Crippen molar-refractivity contribution >= 4 is 39.8 Å². The summed E-state index contributed by atoms with van der Waals surface area (Å²) in [7, 11) is -3.88. The van der Waals surface area contributed by atoms with Crippen LogP contribution in [0.15, 0.2) is 30.9 Å². The molecule has 3 heterocycles. The number of amides is 4. The fourth-order valence-corrected chi connectivity index (χ4v) is 9.23. The average molecular weight is 771 g/mol. The highest BCUT2D eigenvalue weighted by atomic mass is 32.2. The predicted octanol–water partition coefficient (Wildman–Crippen LogP) is 4.74. The van der Waals surface area contributed by atoms with Crippen molar-refractivity contribution in [3.63, 3.8) is 0 Å². The Labute approximate surface area is 317 Å². The van der Waals surface area contributed by atoms with E-state index in [1.807, 2.05) is 18.2 Å². The van der Waals surface area contributed by atoms with Crippen molar-refractivity contribution in [3.05, 3.63) is 42.0 Å². The molecule has 0 radical (unpaired) electrons. The van der Waals surface area contributed by atoms with E-state index in [2.05, 4.69) is 16.6 Å². The molecule has 2 saturated carbocycles. The third-order valence-electron chi connectivity index (χ3n) is 11.3. The number of ketones is 1. The van der Waals surface area contributed by atoms with E-state index in [1.54, 1.807) is 31.7 Å². The average Bonchev–Trinajstić information content (AvgIpc) is 4.00. The van der Waals surface area contributed by atoms with Crippen LogP contribution in [0.25, 0.3) is 0 Å². The first-order valence-corrected chi connectivity index (χ1v) is 20.8. The number of benzene rings is 1. The number of carbonyl (C=O) groups excluding carboxylic acids is 5. The van der Waals surface area contributed by atoms with E-state index in [0.29, 0.717) is 32.4 Å². The fraction of sp³-hybridized carbons (Fsp3) is 0.667. The van der Waals surface area contributed by atoms with Gasteiger partial charge in [0, 0.05) is 24.9 Å². The van der Waals surface area contributed by atoms with Gasteiger partial charge in [0.25, 0.3) is 0 Å². The molecule has 1 aromatic rings. The van der Waals surface area contributed by atoms with Crippen molar-refractivity contribution in [3.8, 4) is 5.75 Å². The largest absolute Gasteiger partial charge is 0.493 e. The molecule has 3 fully saturated rings. The lowest BCUT2D eigenvalue weighted by Crippen LogP contribution is -2.57. The molecular weight excluding hydrogens is 717 g/mol. The van der Waals surface area contributed by atoms with Gasteiger partial charge >= 0.3 is 12.2 Å². The third kappa shape index (κ3) is 8.87. The number of hydrogen-bond acceptors (Lipinski definition) is 10. The third-order valence-corrected chi connectivity index (χ3v) is 13.2. The minimum absolute atomic E-state index is 0.0381. The van der Waals surface area contributed by atoms with Gasteiger partial charge in [0.1, 0.15) is 17.9 Å².